The van der Waals surface area contributed by atoms with E-state index in [9.17, 15) is 0 Å². The normalized spacial score (nSPS) is 11.5. The molecule has 3 nitrogen and oxygen atoms in total. The summed E-state index contributed by atoms with van der Waals surface area (Å²) >= 11 is 16.9. The number of aromatic nitrogens is 1. The number of pyridine rings is 1. The van der Waals surface area contributed by atoms with Gasteiger partial charge in [0.15, 0.2) is 0 Å². The van der Waals surface area contributed by atoms with Crippen molar-refractivity contribution in [3.63, 3.8) is 0 Å². The van der Waals surface area contributed by atoms with Gasteiger partial charge in [-0.25, -0.2) is 10.8 Å². The average Bonchev–Trinajstić information content (AvgIpc) is 2.03. The first kappa shape index (κ1) is 10.9. The van der Waals surface area contributed by atoms with Crippen LogP contribution < -0.4 is 10.9 Å². The highest BCUT2D eigenvalue weighted by atomic mass is 35.6. The second kappa shape index (κ2) is 3.88. The fraction of sp³-hybridized carbons (Fsp3) is 0.286. The van der Waals surface area contributed by atoms with E-state index in [1.165, 1.54) is 5.01 Å². The average molecular weight is 241 g/mol. The van der Waals surface area contributed by atoms with E-state index in [2.05, 4.69) is 4.98 Å². The Morgan fingerprint density at radius 3 is 2.46 bits per heavy atom. The van der Waals surface area contributed by atoms with Gasteiger partial charge in [-0.1, -0.05) is 40.9 Å². The van der Waals surface area contributed by atoms with Crippen LogP contribution >= 0.6 is 34.8 Å². The molecule has 0 fully saturated rings. The lowest BCUT2D eigenvalue weighted by atomic mass is 10.3. The molecule has 0 saturated heterocycles. The number of anilines is 1. The van der Waals surface area contributed by atoms with E-state index < -0.39 is 3.79 Å². The lowest BCUT2D eigenvalue weighted by Gasteiger charge is -2.15. The quantitative estimate of drug-likeness (QED) is 0.465. The first-order valence-electron chi connectivity index (χ1n) is 3.44. The topological polar surface area (TPSA) is 42.1 Å². The first-order valence-corrected chi connectivity index (χ1v) is 4.57. The summed E-state index contributed by atoms with van der Waals surface area (Å²) in [5, 5.41) is 1.35. The summed E-state index contributed by atoms with van der Waals surface area (Å²) in [5.41, 5.74) is 0.354. The van der Waals surface area contributed by atoms with Crippen molar-refractivity contribution in [2.45, 2.75) is 3.79 Å². The molecule has 0 atom stereocenters. The van der Waals surface area contributed by atoms with Gasteiger partial charge in [-0.05, 0) is 12.1 Å². The Bertz CT molecular complexity index is 295. The highest BCUT2D eigenvalue weighted by Crippen LogP contribution is 2.37. The molecule has 0 spiro atoms. The summed E-state index contributed by atoms with van der Waals surface area (Å²) in [6.07, 6.45) is 0. The summed E-state index contributed by atoms with van der Waals surface area (Å²) in [6.45, 7) is 0. The number of nitrogens with two attached hydrogens (primary N) is 1. The highest BCUT2D eigenvalue weighted by molar-refractivity contribution is 6.66. The van der Waals surface area contributed by atoms with Gasteiger partial charge in [0.2, 0.25) is 3.79 Å². The zero-order valence-corrected chi connectivity index (χ0v) is 9.11. The molecule has 1 aromatic heterocycles. The standard InChI is InChI=1S/C7H8Cl3N3/c1-13(11)6-4-2-3-5(12-6)7(8,9)10/h2-4H,11H2,1H3. The number of hydrazine groups is 1. The lowest BCUT2D eigenvalue weighted by Crippen LogP contribution is -2.26. The van der Waals surface area contributed by atoms with Crippen LogP contribution in [0, 0.1) is 0 Å². The van der Waals surface area contributed by atoms with Gasteiger partial charge >= 0.3 is 0 Å². The van der Waals surface area contributed by atoms with E-state index in [-0.39, 0.29) is 0 Å². The summed E-state index contributed by atoms with van der Waals surface area (Å²) in [7, 11) is 1.66. The van der Waals surface area contributed by atoms with Crippen molar-refractivity contribution < 1.29 is 0 Å². The largest absolute Gasteiger partial charge is 0.298 e. The van der Waals surface area contributed by atoms with Crippen LogP contribution in [0.4, 0.5) is 5.82 Å². The maximum atomic E-state index is 5.64. The number of nitrogens with zero attached hydrogens (tertiary/aromatic N) is 2. The monoisotopic (exact) mass is 239 g/mol. The SMILES string of the molecule is CN(N)c1cccc(C(Cl)(Cl)Cl)n1. The molecule has 0 aliphatic heterocycles. The fourth-order valence-electron chi connectivity index (χ4n) is 0.778. The molecular formula is C7H8Cl3N3. The minimum Gasteiger partial charge on any atom is -0.298 e. The molecule has 72 valence electrons. The Hall–Kier alpha value is -0.220. The molecule has 0 unspecified atom stereocenters. The van der Waals surface area contributed by atoms with E-state index in [4.69, 9.17) is 40.6 Å². The number of hydrogen-bond acceptors (Lipinski definition) is 3. The van der Waals surface area contributed by atoms with Crippen molar-refractivity contribution in [3.8, 4) is 0 Å². The highest BCUT2D eigenvalue weighted by Gasteiger charge is 2.24. The molecule has 2 N–H and O–H groups in total. The van der Waals surface area contributed by atoms with Gasteiger partial charge in [0, 0.05) is 7.05 Å². The minimum absolute atomic E-state index is 0.354. The molecule has 1 rings (SSSR count). The van der Waals surface area contributed by atoms with Gasteiger partial charge in [-0.15, -0.1) is 0 Å². The molecule has 0 aliphatic carbocycles. The summed E-state index contributed by atoms with van der Waals surface area (Å²) in [5.74, 6) is 6.01. The Labute approximate surface area is 91.4 Å². The van der Waals surface area contributed by atoms with Crippen LogP contribution in [0.15, 0.2) is 18.2 Å². The van der Waals surface area contributed by atoms with E-state index in [0.717, 1.165) is 0 Å². The molecule has 1 heterocycles. The maximum absolute atomic E-state index is 5.64. The van der Waals surface area contributed by atoms with Gasteiger partial charge in [-0.3, -0.25) is 5.01 Å². The van der Waals surface area contributed by atoms with Crippen molar-refractivity contribution in [2.24, 2.45) is 5.84 Å². The van der Waals surface area contributed by atoms with Crippen LogP contribution in [-0.2, 0) is 3.79 Å². The molecule has 0 bridgehead atoms. The Morgan fingerprint density at radius 1 is 1.38 bits per heavy atom. The van der Waals surface area contributed by atoms with Crippen LogP contribution in [0.3, 0.4) is 0 Å². The molecular weight excluding hydrogens is 232 g/mol. The van der Waals surface area contributed by atoms with E-state index >= 15 is 0 Å². The summed E-state index contributed by atoms with van der Waals surface area (Å²) in [4.78, 5) is 4.05. The molecule has 0 amide bonds. The van der Waals surface area contributed by atoms with Crippen molar-refractivity contribution >= 4 is 40.6 Å². The second-order valence-corrected chi connectivity index (χ2v) is 4.77. The number of alkyl halides is 3. The van der Waals surface area contributed by atoms with Crippen LogP contribution in [0.5, 0.6) is 0 Å². The fourth-order valence-corrected chi connectivity index (χ4v) is 1.09. The van der Waals surface area contributed by atoms with Crippen LogP contribution in [0.2, 0.25) is 0 Å². The number of halogens is 3. The predicted molar refractivity (Wildman–Crippen MR) is 56.1 cm³/mol. The zero-order chi connectivity index (χ0) is 10.1. The lowest BCUT2D eigenvalue weighted by molar-refractivity contribution is 0.951. The minimum atomic E-state index is -1.51. The third kappa shape index (κ3) is 2.88. The van der Waals surface area contributed by atoms with Gasteiger partial charge in [-0.2, -0.15) is 0 Å². The van der Waals surface area contributed by atoms with Crippen molar-refractivity contribution in [1.29, 1.82) is 0 Å². The molecule has 0 saturated carbocycles. The molecule has 13 heavy (non-hydrogen) atoms. The Balaban J connectivity index is 3.06. The van der Waals surface area contributed by atoms with Crippen molar-refractivity contribution in [3.05, 3.63) is 23.9 Å². The molecule has 0 aromatic carbocycles. The maximum Gasteiger partial charge on any atom is 0.232 e. The van der Waals surface area contributed by atoms with Gasteiger partial charge in [0.25, 0.3) is 0 Å². The number of rotatable bonds is 1. The first-order chi connectivity index (χ1) is 5.91. The van der Waals surface area contributed by atoms with Crippen molar-refractivity contribution in [1.82, 2.24) is 4.98 Å². The van der Waals surface area contributed by atoms with Crippen LogP contribution in [0.25, 0.3) is 0 Å². The van der Waals surface area contributed by atoms with Crippen LogP contribution in [-0.4, -0.2) is 12.0 Å². The Kier molecular flexibility index (Phi) is 3.24. The van der Waals surface area contributed by atoms with E-state index in [0.29, 0.717) is 11.5 Å². The summed E-state index contributed by atoms with van der Waals surface area (Å²) in [6, 6.07) is 5.07. The smallest absolute Gasteiger partial charge is 0.232 e. The molecule has 0 aliphatic rings. The second-order valence-electron chi connectivity index (χ2n) is 2.49. The van der Waals surface area contributed by atoms with E-state index in [1.54, 1.807) is 25.2 Å². The van der Waals surface area contributed by atoms with Gasteiger partial charge in [0.05, 0.1) is 5.69 Å². The molecule has 0 radical (unpaired) electrons. The van der Waals surface area contributed by atoms with E-state index in [1.807, 2.05) is 0 Å². The molecule has 1 aromatic rings. The third-order valence-corrected chi connectivity index (χ3v) is 1.97. The zero-order valence-electron chi connectivity index (χ0n) is 6.84. The summed E-state index contributed by atoms with van der Waals surface area (Å²) < 4.78 is -1.51. The van der Waals surface area contributed by atoms with Gasteiger partial charge in [0.1, 0.15) is 5.82 Å². The van der Waals surface area contributed by atoms with Crippen LogP contribution in [0.1, 0.15) is 5.69 Å². The predicted octanol–water partition coefficient (Wildman–Crippen LogP) is 2.22. The molecule has 6 heteroatoms. The number of hydrogen-bond donors (Lipinski definition) is 1. The van der Waals surface area contributed by atoms with Crippen molar-refractivity contribution in [2.75, 3.05) is 12.1 Å². The third-order valence-electron chi connectivity index (χ3n) is 1.39. The van der Waals surface area contributed by atoms with Gasteiger partial charge < -0.3 is 0 Å². The Morgan fingerprint density at radius 2 is 2.00 bits per heavy atom.